The van der Waals surface area contributed by atoms with Gasteiger partial charge in [-0.15, -0.1) is 0 Å². The highest BCUT2D eigenvalue weighted by molar-refractivity contribution is 6.06. The van der Waals surface area contributed by atoms with Crippen LogP contribution in [0.5, 0.6) is 0 Å². The van der Waals surface area contributed by atoms with Crippen LogP contribution >= 0.6 is 0 Å². The minimum atomic E-state index is -0.0542. The van der Waals surface area contributed by atoms with E-state index in [1.54, 1.807) is 0 Å². The van der Waals surface area contributed by atoms with Crippen LogP contribution in [0.1, 0.15) is 38.8 Å². The molecule has 3 aromatic rings. The van der Waals surface area contributed by atoms with Crippen LogP contribution in [0.3, 0.4) is 0 Å². The fraction of sp³-hybridized carbons (Fsp3) is 0.360. The number of pyridine rings is 1. The lowest BCUT2D eigenvalue weighted by Gasteiger charge is -2.35. The SMILES string of the molecule is Cc1ccc(C(CNC(=O)c2cc(C)nc3ccc(C)cc23)N2CCOCC2)cc1. The number of ether oxygens (including phenoxy) is 1. The molecule has 1 atom stereocenters. The summed E-state index contributed by atoms with van der Waals surface area (Å²) >= 11 is 0. The summed E-state index contributed by atoms with van der Waals surface area (Å²) in [4.78, 5) is 20.2. The molecule has 1 amide bonds. The molecule has 1 saturated heterocycles. The summed E-state index contributed by atoms with van der Waals surface area (Å²) in [5, 5.41) is 4.10. The highest BCUT2D eigenvalue weighted by Crippen LogP contribution is 2.23. The summed E-state index contributed by atoms with van der Waals surface area (Å²) in [6.45, 7) is 9.79. The quantitative estimate of drug-likeness (QED) is 0.701. The Bertz CT molecular complexity index is 1040. The average molecular weight is 404 g/mol. The number of morpholine rings is 1. The highest BCUT2D eigenvalue weighted by atomic mass is 16.5. The number of hydrogen-bond acceptors (Lipinski definition) is 4. The van der Waals surface area contributed by atoms with Crippen LogP contribution in [0.4, 0.5) is 0 Å². The van der Waals surface area contributed by atoms with Crippen LogP contribution in [0.2, 0.25) is 0 Å². The fourth-order valence-corrected chi connectivity index (χ4v) is 4.08. The number of aryl methyl sites for hydroxylation is 3. The first-order valence-electron chi connectivity index (χ1n) is 10.6. The standard InChI is InChI=1S/C25H29N3O2/c1-17-4-7-20(8-5-17)24(28-10-12-30-13-11-28)16-26-25(29)22-15-19(3)27-23-9-6-18(2)14-21(22)23/h4-9,14-15,24H,10-13,16H2,1-3H3,(H,26,29). The highest BCUT2D eigenvalue weighted by Gasteiger charge is 2.24. The van der Waals surface area contributed by atoms with Gasteiger partial charge < -0.3 is 10.1 Å². The lowest BCUT2D eigenvalue weighted by molar-refractivity contribution is 0.0162. The first-order chi connectivity index (χ1) is 14.5. The maximum atomic E-state index is 13.2. The van der Waals surface area contributed by atoms with Gasteiger partial charge in [0, 0.05) is 30.7 Å². The van der Waals surface area contributed by atoms with Crippen LogP contribution in [-0.2, 0) is 4.74 Å². The summed E-state index contributed by atoms with van der Waals surface area (Å²) in [7, 11) is 0. The predicted molar refractivity (Wildman–Crippen MR) is 120 cm³/mol. The van der Waals surface area contributed by atoms with Gasteiger partial charge in [-0.3, -0.25) is 14.7 Å². The molecule has 5 heteroatoms. The largest absolute Gasteiger partial charge is 0.379 e. The van der Waals surface area contributed by atoms with Crippen LogP contribution < -0.4 is 5.32 Å². The van der Waals surface area contributed by atoms with Gasteiger partial charge in [0.2, 0.25) is 0 Å². The number of carbonyl (C=O) groups excluding carboxylic acids is 1. The van der Waals surface area contributed by atoms with Gasteiger partial charge >= 0.3 is 0 Å². The number of rotatable bonds is 5. The maximum absolute atomic E-state index is 13.2. The molecule has 0 spiro atoms. The monoisotopic (exact) mass is 403 g/mol. The molecule has 5 nitrogen and oxygen atoms in total. The summed E-state index contributed by atoms with van der Waals surface area (Å²) in [6, 6.07) is 16.6. The van der Waals surface area contributed by atoms with Crippen molar-refractivity contribution in [2.24, 2.45) is 0 Å². The zero-order chi connectivity index (χ0) is 21.1. The molecule has 1 aliphatic rings. The smallest absolute Gasteiger partial charge is 0.252 e. The number of carbonyl (C=O) groups is 1. The first-order valence-corrected chi connectivity index (χ1v) is 10.6. The van der Waals surface area contributed by atoms with Gasteiger partial charge in [0.1, 0.15) is 0 Å². The number of fused-ring (bicyclic) bond motifs is 1. The molecule has 1 aromatic heterocycles. The Morgan fingerprint density at radius 3 is 2.47 bits per heavy atom. The van der Waals surface area contributed by atoms with E-state index in [0.29, 0.717) is 12.1 Å². The fourth-order valence-electron chi connectivity index (χ4n) is 4.08. The molecule has 0 radical (unpaired) electrons. The molecule has 1 unspecified atom stereocenters. The normalized spacial score (nSPS) is 15.8. The molecule has 0 bridgehead atoms. The third-order valence-corrected chi connectivity index (χ3v) is 5.74. The van der Waals surface area contributed by atoms with Gasteiger partial charge in [0.15, 0.2) is 0 Å². The second-order valence-electron chi connectivity index (χ2n) is 8.12. The van der Waals surface area contributed by atoms with Crippen LogP contribution in [0, 0.1) is 20.8 Å². The molecule has 1 fully saturated rings. The number of hydrogen-bond donors (Lipinski definition) is 1. The summed E-state index contributed by atoms with van der Waals surface area (Å²) in [6.07, 6.45) is 0. The van der Waals surface area contributed by atoms with Crippen molar-refractivity contribution in [1.82, 2.24) is 15.2 Å². The molecule has 30 heavy (non-hydrogen) atoms. The number of benzene rings is 2. The van der Waals surface area contributed by atoms with Gasteiger partial charge in [-0.1, -0.05) is 41.5 Å². The van der Waals surface area contributed by atoms with Crippen molar-refractivity contribution >= 4 is 16.8 Å². The van der Waals surface area contributed by atoms with Crippen molar-refractivity contribution < 1.29 is 9.53 Å². The molecular weight excluding hydrogens is 374 g/mol. The van der Waals surface area contributed by atoms with Gasteiger partial charge in [-0.2, -0.15) is 0 Å². The van der Waals surface area contributed by atoms with E-state index in [9.17, 15) is 4.79 Å². The minimum absolute atomic E-state index is 0.0542. The predicted octanol–water partition coefficient (Wildman–Crippen LogP) is 3.96. The van der Waals surface area contributed by atoms with Crippen molar-refractivity contribution in [2.75, 3.05) is 32.8 Å². The van der Waals surface area contributed by atoms with E-state index in [2.05, 4.69) is 46.4 Å². The van der Waals surface area contributed by atoms with Crippen LogP contribution in [-0.4, -0.2) is 48.6 Å². The molecule has 156 valence electrons. The number of nitrogens with one attached hydrogen (secondary N) is 1. The third-order valence-electron chi connectivity index (χ3n) is 5.74. The Hall–Kier alpha value is -2.76. The topological polar surface area (TPSA) is 54.5 Å². The Kier molecular flexibility index (Phi) is 6.11. The van der Waals surface area contributed by atoms with E-state index in [4.69, 9.17) is 4.74 Å². The first kappa shape index (κ1) is 20.5. The molecule has 2 aromatic carbocycles. The van der Waals surface area contributed by atoms with E-state index < -0.39 is 0 Å². The maximum Gasteiger partial charge on any atom is 0.252 e. The zero-order valence-corrected chi connectivity index (χ0v) is 17.9. The van der Waals surface area contributed by atoms with Gasteiger partial charge in [0.05, 0.1) is 30.3 Å². The van der Waals surface area contributed by atoms with E-state index in [1.807, 2.05) is 38.1 Å². The van der Waals surface area contributed by atoms with E-state index in [0.717, 1.165) is 48.5 Å². The van der Waals surface area contributed by atoms with Gasteiger partial charge in [-0.25, -0.2) is 0 Å². The van der Waals surface area contributed by atoms with Crippen molar-refractivity contribution in [3.8, 4) is 0 Å². The van der Waals surface area contributed by atoms with E-state index in [-0.39, 0.29) is 11.9 Å². The molecule has 0 aliphatic carbocycles. The summed E-state index contributed by atoms with van der Waals surface area (Å²) < 4.78 is 5.54. The van der Waals surface area contributed by atoms with E-state index >= 15 is 0 Å². The zero-order valence-electron chi connectivity index (χ0n) is 17.9. The Balaban J connectivity index is 1.59. The molecule has 4 rings (SSSR count). The third kappa shape index (κ3) is 4.53. The lowest BCUT2D eigenvalue weighted by atomic mass is 10.0. The van der Waals surface area contributed by atoms with E-state index in [1.165, 1.54) is 11.1 Å². The van der Waals surface area contributed by atoms with Crippen LogP contribution in [0.15, 0.2) is 48.5 Å². The Labute approximate surface area is 178 Å². The second kappa shape index (κ2) is 8.94. The molecule has 1 N–H and O–H groups in total. The molecule has 1 aliphatic heterocycles. The lowest BCUT2D eigenvalue weighted by Crippen LogP contribution is -2.43. The summed E-state index contributed by atoms with van der Waals surface area (Å²) in [5.74, 6) is -0.0542. The van der Waals surface area contributed by atoms with Gasteiger partial charge in [-0.05, 0) is 44.5 Å². The second-order valence-corrected chi connectivity index (χ2v) is 8.12. The van der Waals surface area contributed by atoms with Crippen molar-refractivity contribution in [3.63, 3.8) is 0 Å². The molecule has 2 heterocycles. The Morgan fingerprint density at radius 1 is 1.03 bits per heavy atom. The number of amides is 1. The van der Waals surface area contributed by atoms with Gasteiger partial charge in [0.25, 0.3) is 5.91 Å². The minimum Gasteiger partial charge on any atom is -0.379 e. The van der Waals surface area contributed by atoms with Crippen molar-refractivity contribution in [2.45, 2.75) is 26.8 Å². The van der Waals surface area contributed by atoms with Crippen molar-refractivity contribution in [1.29, 1.82) is 0 Å². The summed E-state index contributed by atoms with van der Waals surface area (Å²) in [5.41, 5.74) is 5.96. The molecular formula is C25H29N3O2. The van der Waals surface area contributed by atoms with Crippen molar-refractivity contribution in [3.05, 3.63) is 76.5 Å². The number of aromatic nitrogens is 1. The average Bonchev–Trinajstić information content (AvgIpc) is 2.75. The molecule has 0 saturated carbocycles. The Morgan fingerprint density at radius 2 is 1.73 bits per heavy atom. The van der Waals surface area contributed by atoms with Crippen LogP contribution in [0.25, 0.3) is 10.9 Å². The number of nitrogens with zero attached hydrogens (tertiary/aromatic N) is 2.